The summed E-state index contributed by atoms with van der Waals surface area (Å²) in [5.74, 6) is 1.14. The van der Waals surface area contributed by atoms with Gasteiger partial charge in [0.25, 0.3) is 5.91 Å². The van der Waals surface area contributed by atoms with Crippen molar-refractivity contribution >= 4 is 29.2 Å². The highest BCUT2D eigenvalue weighted by Gasteiger charge is 2.28. The van der Waals surface area contributed by atoms with Crippen LogP contribution in [0, 0.1) is 0 Å². The van der Waals surface area contributed by atoms with Gasteiger partial charge < -0.3 is 19.4 Å². The van der Waals surface area contributed by atoms with Crippen molar-refractivity contribution in [2.45, 2.75) is 26.3 Å². The van der Waals surface area contributed by atoms with E-state index in [-0.39, 0.29) is 24.4 Å². The summed E-state index contributed by atoms with van der Waals surface area (Å²) in [7, 11) is 1.57. The molecule has 1 aromatic heterocycles. The Bertz CT molecular complexity index is 1230. The van der Waals surface area contributed by atoms with E-state index >= 15 is 0 Å². The van der Waals surface area contributed by atoms with Gasteiger partial charge in [0.15, 0.2) is 5.82 Å². The average molecular weight is 522 g/mol. The normalized spacial score (nSPS) is 14.3. The lowest BCUT2D eigenvalue weighted by Gasteiger charge is -2.37. The van der Waals surface area contributed by atoms with Crippen LogP contribution in [0.3, 0.4) is 0 Å². The number of carbonyl (C=O) groups excluding carboxylic acids is 2. The topological polar surface area (TPSA) is 78.9 Å². The first kappa shape index (κ1) is 26.4. The Morgan fingerprint density at radius 3 is 2.43 bits per heavy atom. The molecule has 0 unspecified atom stereocenters. The van der Waals surface area contributed by atoms with Gasteiger partial charge in [0.05, 0.1) is 17.8 Å². The number of benzene rings is 2. The quantitative estimate of drug-likeness (QED) is 0.437. The lowest BCUT2D eigenvalue weighted by molar-refractivity contribution is -0.132. The zero-order valence-electron chi connectivity index (χ0n) is 21.4. The van der Waals surface area contributed by atoms with Crippen LogP contribution < -0.4 is 9.64 Å². The van der Waals surface area contributed by atoms with Crippen LogP contribution in [0.2, 0.25) is 5.02 Å². The third kappa shape index (κ3) is 6.20. The van der Waals surface area contributed by atoms with Crippen LogP contribution >= 0.6 is 11.6 Å². The molecule has 4 rings (SSSR count). The Balaban J connectivity index is 1.37. The van der Waals surface area contributed by atoms with Gasteiger partial charge in [-0.1, -0.05) is 42.8 Å². The molecule has 1 aliphatic heterocycles. The maximum absolute atomic E-state index is 13.3. The summed E-state index contributed by atoms with van der Waals surface area (Å²) in [6, 6.07) is 18.3. The maximum atomic E-state index is 13.3. The van der Waals surface area contributed by atoms with E-state index in [0.29, 0.717) is 48.2 Å². The number of rotatable bonds is 8. The smallest absolute Gasteiger partial charge is 0.254 e. The maximum Gasteiger partial charge on any atom is 0.254 e. The van der Waals surface area contributed by atoms with Gasteiger partial charge in [0.2, 0.25) is 5.91 Å². The second-order valence-electron chi connectivity index (χ2n) is 9.05. The molecule has 8 nitrogen and oxygen atoms in total. The highest BCUT2D eigenvalue weighted by molar-refractivity contribution is 6.33. The molecule has 1 aliphatic rings. The summed E-state index contributed by atoms with van der Waals surface area (Å²) in [5.41, 5.74) is 2.07. The Morgan fingerprint density at radius 1 is 1.03 bits per heavy atom. The molecule has 3 aromatic rings. The SMILES string of the molecule is CC[C@H](C)N(CC(=O)N1CCN(c2ccc(-c3ccccc3Cl)nn2)CC1)C(=O)c1cccc(OC)c1. The molecule has 1 fully saturated rings. The molecule has 1 atom stereocenters. The second kappa shape index (κ2) is 12.1. The number of anilines is 1. The lowest BCUT2D eigenvalue weighted by atomic mass is 10.1. The second-order valence-corrected chi connectivity index (χ2v) is 9.45. The van der Waals surface area contributed by atoms with E-state index in [1.165, 1.54) is 0 Å². The molecule has 0 N–H and O–H groups in total. The van der Waals surface area contributed by atoms with E-state index < -0.39 is 0 Å². The van der Waals surface area contributed by atoms with Crippen LogP contribution in [0.15, 0.2) is 60.7 Å². The van der Waals surface area contributed by atoms with Gasteiger partial charge in [-0.05, 0) is 49.7 Å². The lowest BCUT2D eigenvalue weighted by Crippen LogP contribution is -2.53. The van der Waals surface area contributed by atoms with Crippen LogP contribution in [0.4, 0.5) is 5.82 Å². The number of carbonyl (C=O) groups is 2. The van der Waals surface area contributed by atoms with Crippen molar-refractivity contribution in [3.8, 4) is 17.0 Å². The predicted molar refractivity (Wildman–Crippen MR) is 145 cm³/mol. The first-order chi connectivity index (χ1) is 17.9. The van der Waals surface area contributed by atoms with Crippen LogP contribution in [-0.2, 0) is 4.79 Å². The number of piperazine rings is 1. The Morgan fingerprint density at radius 2 is 1.78 bits per heavy atom. The number of ether oxygens (including phenoxy) is 1. The van der Waals surface area contributed by atoms with Gasteiger partial charge in [0, 0.05) is 43.3 Å². The van der Waals surface area contributed by atoms with Gasteiger partial charge in [-0.3, -0.25) is 9.59 Å². The summed E-state index contributed by atoms with van der Waals surface area (Å²) in [4.78, 5) is 32.1. The zero-order valence-corrected chi connectivity index (χ0v) is 22.2. The summed E-state index contributed by atoms with van der Waals surface area (Å²) in [5, 5.41) is 9.38. The van der Waals surface area contributed by atoms with Crippen molar-refractivity contribution in [3.05, 3.63) is 71.2 Å². The molecular weight excluding hydrogens is 490 g/mol. The van der Waals surface area contributed by atoms with Gasteiger partial charge in [-0.15, -0.1) is 10.2 Å². The van der Waals surface area contributed by atoms with E-state index in [1.807, 2.05) is 55.1 Å². The summed E-state index contributed by atoms with van der Waals surface area (Å²) >= 11 is 6.28. The van der Waals surface area contributed by atoms with E-state index in [4.69, 9.17) is 16.3 Å². The molecule has 1 saturated heterocycles. The van der Waals surface area contributed by atoms with Crippen LogP contribution in [0.25, 0.3) is 11.3 Å². The van der Waals surface area contributed by atoms with Gasteiger partial charge >= 0.3 is 0 Å². The monoisotopic (exact) mass is 521 g/mol. The molecule has 9 heteroatoms. The Kier molecular flexibility index (Phi) is 8.61. The first-order valence-corrected chi connectivity index (χ1v) is 12.9. The highest BCUT2D eigenvalue weighted by Crippen LogP contribution is 2.26. The van der Waals surface area contributed by atoms with Crippen LogP contribution in [0.1, 0.15) is 30.6 Å². The fourth-order valence-electron chi connectivity index (χ4n) is 4.31. The molecular formula is C28H32ClN5O3. The number of hydrogen-bond donors (Lipinski definition) is 0. The number of halogens is 1. The standard InChI is InChI=1S/C28H32ClN5O3/c1-4-20(2)34(28(36)21-8-7-9-22(18-21)37-3)19-27(35)33-16-14-32(15-17-33)26-13-12-25(30-31-26)23-10-5-6-11-24(23)29/h5-13,18,20H,4,14-17,19H2,1-3H3/t20-/m0/s1. The molecule has 0 aliphatic carbocycles. The Labute approximate surface area is 222 Å². The average Bonchev–Trinajstić information content (AvgIpc) is 2.95. The molecule has 2 amide bonds. The van der Waals surface area contributed by atoms with Gasteiger partial charge in [-0.2, -0.15) is 0 Å². The molecule has 0 saturated carbocycles. The fourth-order valence-corrected chi connectivity index (χ4v) is 4.54. The summed E-state index contributed by atoms with van der Waals surface area (Å²) < 4.78 is 5.26. The number of aromatic nitrogens is 2. The van der Waals surface area contributed by atoms with Crippen molar-refractivity contribution in [1.82, 2.24) is 20.0 Å². The molecule has 2 aromatic carbocycles. The van der Waals surface area contributed by atoms with E-state index in [9.17, 15) is 9.59 Å². The number of hydrogen-bond acceptors (Lipinski definition) is 6. The highest BCUT2D eigenvalue weighted by atomic mass is 35.5. The molecule has 0 bridgehead atoms. The number of amides is 2. The van der Waals surface area contributed by atoms with E-state index in [2.05, 4.69) is 15.1 Å². The number of nitrogens with zero attached hydrogens (tertiary/aromatic N) is 5. The minimum Gasteiger partial charge on any atom is -0.497 e. The van der Waals surface area contributed by atoms with Crippen LogP contribution in [-0.4, -0.2) is 77.7 Å². The third-order valence-corrected chi connectivity index (χ3v) is 7.09. The van der Waals surface area contributed by atoms with Crippen molar-refractivity contribution in [2.75, 3.05) is 44.7 Å². The minimum absolute atomic E-state index is 0.0391. The molecule has 0 spiro atoms. The van der Waals surface area contributed by atoms with Crippen molar-refractivity contribution in [1.29, 1.82) is 0 Å². The largest absolute Gasteiger partial charge is 0.497 e. The van der Waals surface area contributed by atoms with Gasteiger partial charge in [0.1, 0.15) is 12.3 Å². The van der Waals surface area contributed by atoms with Crippen molar-refractivity contribution in [2.24, 2.45) is 0 Å². The Hall–Kier alpha value is -3.65. The van der Waals surface area contributed by atoms with E-state index in [0.717, 1.165) is 17.8 Å². The molecule has 194 valence electrons. The van der Waals surface area contributed by atoms with Crippen molar-refractivity contribution in [3.63, 3.8) is 0 Å². The number of methoxy groups -OCH3 is 1. The van der Waals surface area contributed by atoms with Crippen LogP contribution in [0.5, 0.6) is 5.75 Å². The zero-order chi connectivity index (χ0) is 26.4. The molecule has 0 radical (unpaired) electrons. The molecule has 37 heavy (non-hydrogen) atoms. The van der Waals surface area contributed by atoms with Gasteiger partial charge in [-0.25, -0.2) is 0 Å². The van der Waals surface area contributed by atoms with Crippen molar-refractivity contribution < 1.29 is 14.3 Å². The summed E-state index contributed by atoms with van der Waals surface area (Å²) in [6.07, 6.45) is 0.750. The van der Waals surface area contributed by atoms with E-state index in [1.54, 1.807) is 36.3 Å². The fraction of sp³-hybridized carbons (Fsp3) is 0.357. The minimum atomic E-state index is -0.172. The predicted octanol–water partition coefficient (Wildman–Crippen LogP) is 4.40. The molecule has 2 heterocycles. The first-order valence-electron chi connectivity index (χ1n) is 12.5. The third-order valence-electron chi connectivity index (χ3n) is 6.76. The summed E-state index contributed by atoms with van der Waals surface area (Å²) in [6.45, 7) is 6.39.